The van der Waals surface area contributed by atoms with Crippen LogP contribution in [0.15, 0.2) is 21.3 Å². The van der Waals surface area contributed by atoms with Gasteiger partial charge in [0.2, 0.25) is 0 Å². The number of ether oxygens (including phenoxy) is 1. The van der Waals surface area contributed by atoms with Crippen LogP contribution in [0.3, 0.4) is 0 Å². The Morgan fingerprint density at radius 2 is 1.87 bits per heavy atom. The molecule has 1 aromatic heterocycles. The number of aromatic nitrogens is 1. The van der Waals surface area contributed by atoms with Crippen LogP contribution in [0.1, 0.15) is 17.3 Å². The summed E-state index contributed by atoms with van der Waals surface area (Å²) in [4.78, 5) is 26.7. The molecule has 0 aromatic carbocycles. The topological polar surface area (TPSA) is 56.3 Å². The van der Waals surface area contributed by atoms with Crippen molar-refractivity contribution in [2.75, 3.05) is 6.61 Å². The van der Waals surface area contributed by atoms with Crippen LogP contribution >= 0.6 is 31.9 Å². The Balaban J connectivity index is 3.06. The first kappa shape index (κ1) is 12.3. The summed E-state index contributed by atoms with van der Waals surface area (Å²) in [6.07, 6.45) is 2.88. The molecule has 1 heterocycles. The van der Waals surface area contributed by atoms with Crippen LogP contribution in [0, 0.1) is 0 Å². The van der Waals surface area contributed by atoms with Gasteiger partial charge in [0.15, 0.2) is 0 Å². The first-order valence-corrected chi connectivity index (χ1v) is 5.67. The summed E-state index contributed by atoms with van der Waals surface area (Å²) in [5, 5.41) is 0. The van der Waals surface area contributed by atoms with Gasteiger partial charge in [-0.1, -0.05) is 0 Å². The van der Waals surface area contributed by atoms with Crippen molar-refractivity contribution in [3.05, 3.63) is 26.9 Å². The van der Waals surface area contributed by atoms with Gasteiger partial charge in [0.1, 0.15) is 0 Å². The second kappa shape index (κ2) is 5.37. The Labute approximate surface area is 103 Å². The number of carbonyl (C=O) groups is 2. The van der Waals surface area contributed by atoms with E-state index >= 15 is 0 Å². The largest absolute Gasteiger partial charge is 0.460 e. The highest BCUT2D eigenvalue weighted by Crippen LogP contribution is 2.24. The molecule has 0 radical (unpaired) electrons. The van der Waals surface area contributed by atoms with Crippen LogP contribution in [0.25, 0.3) is 0 Å². The van der Waals surface area contributed by atoms with Gasteiger partial charge in [0, 0.05) is 21.3 Å². The van der Waals surface area contributed by atoms with Crippen molar-refractivity contribution in [2.45, 2.75) is 6.92 Å². The minimum atomic E-state index is -0.870. The molecule has 4 nitrogen and oxygen atoms in total. The van der Waals surface area contributed by atoms with Gasteiger partial charge in [-0.2, -0.15) is 0 Å². The van der Waals surface area contributed by atoms with Crippen LogP contribution in [0.4, 0.5) is 0 Å². The van der Waals surface area contributed by atoms with E-state index in [9.17, 15) is 9.59 Å². The lowest BCUT2D eigenvalue weighted by molar-refractivity contribution is -0.137. The van der Waals surface area contributed by atoms with Gasteiger partial charge in [-0.05, 0) is 38.8 Å². The molecule has 15 heavy (non-hydrogen) atoms. The molecule has 80 valence electrons. The van der Waals surface area contributed by atoms with E-state index in [4.69, 9.17) is 0 Å². The third-order valence-corrected chi connectivity index (χ3v) is 2.74. The van der Waals surface area contributed by atoms with E-state index in [1.807, 2.05) is 0 Å². The van der Waals surface area contributed by atoms with Crippen molar-refractivity contribution in [2.24, 2.45) is 0 Å². The number of Topliss-reactive ketones (excluding diaryl/α,β-unsaturated/α-hetero) is 1. The molecule has 0 saturated heterocycles. The summed E-state index contributed by atoms with van der Waals surface area (Å²) in [6, 6.07) is 0. The molecule has 1 aromatic rings. The van der Waals surface area contributed by atoms with E-state index in [1.165, 1.54) is 12.4 Å². The van der Waals surface area contributed by atoms with Crippen LogP contribution < -0.4 is 0 Å². The van der Waals surface area contributed by atoms with E-state index in [-0.39, 0.29) is 12.2 Å². The minimum Gasteiger partial charge on any atom is -0.460 e. The van der Waals surface area contributed by atoms with Crippen molar-refractivity contribution >= 4 is 43.6 Å². The van der Waals surface area contributed by atoms with E-state index in [0.29, 0.717) is 8.95 Å². The molecule has 1 rings (SSSR count). The zero-order chi connectivity index (χ0) is 11.4. The van der Waals surface area contributed by atoms with E-state index in [1.54, 1.807) is 6.92 Å². The Kier molecular flexibility index (Phi) is 4.41. The molecule has 6 heteroatoms. The predicted octanol–water partition coefficient (Wildman–Crippen LogP) is 2.35. The molecule has 0 spiro atoms. The zero-order valence-corrected chi connectivity index (χ0v) is 11.0. The second-order valence-corrected chi connectivity index (χ2v) is 4.24. The standard InChI is InChI=1S/C9H7Br2NO3/c1-2-15-9(14)8(13)7-5(10)3-12-4-6(7)11/h3-4H,2H2,1H3. The number of hydrogen-bond acceptors (Lipinski definition) is 4. The number of halogens is 2. The van der Waals surface area contributed by atoms with Gasteiger partial charge in [0.25, 0.3) is 5.78 Å². The fraction of sp³-hybridized carbons (Fsp3) is 0.222. The third kappa shape index (κ3) is 2.85. The van der Waals surface area contributed by atoms with E-state index in [2.05, 4.69) is 41.6 Å². The number of hydrogen-bond donors (Lipinski definition) is 0. The number of esters is 1. The lowest BCUT2D eigenvalue weighted by Gasteiger charge is -2.04. The normalized spacial score (nSPS) is 9.80. The highest BCUT2D eigenvalue weighted by Gasteiger charge is 2.22. The summed E-state index contributed by atoms with van der Waals surface area (Å²) in [5.41, 5.74) is 0.225. The molecule has 0 atom stereocenters. The highest BCUT2D eigenvalue weighted by atomic mass is 79.9. The molecule has 0 aliphatic carbocycles. The maximum atomic E-state index is 11.6. The maximum Gasteiger partial charge on any atom is 0.379 e. The first-order valence-electron chi connectivity index (χ1n) is 4.08. The molecule has 0 N–H and O–H groups in total. The van der Waals surface area contributed by atoms with Crippen molar-refractivity contribution in [1.29, 1.82) is 0 Å². The summed E-state index contributed by atoms with van der Waals surface area (Å²) < 4.78 is 5.52. The smallest absolute Gasteiger partial charge is 0.379 e. The van der Waals surface area contributed by atoms with Gasteiger partial charge < -0.3 is 4.74 Å². The number of ketones is 1. The lowest BCUT2D eigenvalue weighted by atomic mass is 10.2. The van der Waals surface area contributed by atoms with Crippen molar-refractivity contribution in [1.82, 2.24) is 4.98 Å². The fourth-order valence-electron chi connectivity index (χ4n) is 0.927. The molecule has 0 unspecified atom stereocenters. The van der Waals surface area contributed by atoms with Gasteiger partial charge >= 0.3 is 5.97 Å². The number of nitrogens with zero attached hydrogens (tertiary/aromatic N) is 1. The number of pyridine rings is 1. The third-order valence-electron chi connectivity index (χ3n) is 1.54. The average molecular weight is 337 g/mol. The number of rotatable bonds is 3. The van der Waals surface area contributed by atoms with Crippen molar-refractivity contribution in [3.8, 4) is 0 Å². The molecule has 0 bridgehead atoms. The van der Waals surface area contributed by atoms with Gasteiger partial charge in [-0.3, -0.25) is 9.78 Å². The summed E-state index contributed by atoms with van der Waals surface area (Å²) in [6.45, 7) is 1.81. The Morgan fingerprint density at radius 3 is 2.33 bits per heavy atom. The van der Waals surface area contributed by atoms with Gasteiger partial charge in [0.05, 0.1) is 12.2 Å². The summed E-state index contributed by atoms with van der Waals surface area (Å²) in [7, 11) is 0. The van der Waals surface area contributed by atoms with Crippen LogP contribution in [0.5, 0.6) is 0 Å². The van der Waals surface area contributed by atoms with E-state index < -0.39 is 11.8 Å². The predicted molar refractivity (Wildman–Crippen MR) is 60.6 cm³/mol. The molecular weight excluding hydrogens is 330 g/mol. The van der Waals surface area contributed by atoms with Crippen LogP contribution in [-0.4, -0.2) is 23.3 Å². The fourth-order valence-corrected chi connectivity index (χ4v) is 2.22. The Morgan fingerprint density at radius 1 is 1.33 bits per heavy atom. The van der Waals surface area contributed by atoms with Crippen LogP contribution in [-0.2, 0) is 9.53 Å². The Bertz CT molecular complexity index is 386. The monoisotopic (exact) mass is 335 g/mol. The summed E-state index contributed by atoms with van der Waals surface area (Å²) in [5.74, 6) is -1.57. The molecule has 0 aliphatic heterocycles. The van der Waals surface area contributed by atoms with Crippen molar-refractivity contribution < 1.29 is 14.3 Å². The van der Waals surface area contributed by atoms with Gasteiger partial charge in [-0.25, -0.2) is 4.79 Å². The molecular formula is C9H7Br2NO3. The zero-order valence-electron chi connectivity index (χ0n) is 7.79. The van der Waals surface area contributed by atoms with Crippen molar-refractivity contribution in [3.63, 3.8) is 0 Å². The van der Waals surface area contributed by atoms with Crippen LogP contribution in [0.2, 0.25) is 0 Å². The molecule has 0 aliphatic rings. The second-order valence-electron chi connectivity index (χ2n) is 2.53. The Hall–Kier alpha value is -0.750. The average Bonchev–Trinajstić information content (AvgIpc) is 2.17. The summed E-state index contributed by atoms with van der Waals surface area (Å²) >= 11 is 6.29. The minimum absolute atomic E-state index is 0.172. The highest BCUT2D eigenvalue weighted by molar-refractivity contribution is 9.11. The molecule has 0 fully saturated rings. The SMILES string of the molecule is CCOC(=O)C(=O)c1c(Br)cncc1Br. The molecule has 0 saturated carbocycles. The molecule has 0 amide bonds. The van der Waals surface area contributed by atoms with E-state index in [0.717, 1.165) is 0 Å². The quantitative estimate of drug-likeness (QED) is 0.483. The lowest BCUT2D eigenvalue weighted by Crippen LogP contribution is -2.18. The van der Waals surface area contributed by atoms with Gasteiger partial charge in [-0.15, -0.1) is 0 Å². The maximum absolute atomic E-state index is 11.6. The first-order chi connectivity index (χ1) is 7.07. The number of carbonyl (C=O) groups excluding carboxylic acids is 2.